The number of benzene rings is 9. The molecule has 0 bridgehead atoms. The Bertz CT molecular complexity index is 3600. The minimum Gasteiger partial charge on any atom is -0.309 e. The van der Waals surface area contributed by atoms with Crippen molar-refractivity contribution in [2.45, 2.75) is 0 Å². The van der Waals surface area contributed by atoms with Gasteiger partial charge in [-0.05, 0) is 76.9 Å². The smallest absolute Gasteiger partial charge is 0.164 e. The van der Waals surface area contributed by atoms with E-state index in [4.69, 9.17) is 19.9 Å². The monoisotopic (exact) mass is 803 g/mol. The Morgan fingerprint density at radius 2 is 0.762 bits per heavy atom. The predicted molar refractivity (Wildman–Crippen MR) is 260 cm³/mol. The van der Waals surface area contributed by atoms with E-state index in [1.54, 1.807) is 0 Å². The first-order valence-electron chi connectivity index (χ1n) is 21.2. The highest BCUT2D eigenvalue weighted by Crippen LogP contribution is 2.40. The summed E-state index contributed by atoms with van der Waals surface area (Å²) in [7, 11) is 0. The summed E-state index contributed by atoms with van der Waals surface area (Å²) in [6, 6.07) is 78.7. The Hall–Kier alpha value is -8.54. The van der Waals surface area contributed by atoms with Crippen molar-refractivity contribution in [2.24, 2.45) is 0 Å². The van der Waals surface area contributed by atoms with E-state index in [1.165, 1.54) is 38.3 Å². The normalized spacial score (nSPS) is 11.5. The maximum atomic E-state index is 5.30. The lowest BCUT2D eigenvalue weighted by molar-refractivity contribution is 1.07. The largest absolute Gasteiger partial charge is 0.309 e. The van der Waals surface area contributed by atoms with E-state index in [9.17, 15) is 0 Å². The Kier molecular flexibility index (Phi) is 8.75. The molecule has 5 heteroatoms. The molecular weight excluding hydrogens is 767 g/mol. The first-order chi connectivity index (χ1) is 31.2. The Labute approximate surface area is 364 Å². The van der Waals surface area contributed by atoms with E-state index in [1.807, 2.05) is 36.4 Å². The fourth-order valence-corrected chi connectivity index (χ4v) is 9.06. The average molecular weight is 804 g/mol. The van der Waals surface area contributed by atoms with Crippen LogP contribution in [0.25, 0.3) is 117 Å². The van der Waals surface area contributed by atoms with Crippen LogP contribution in [0.2, 0.25) is 0 Å². The molecule has 0 amide bonds. The van der Waals surface area contributed by atoms with Crippen molar-refractivity contribution < 1.29 is 0 Å². The standard InChI is InChI=1S/C58H37N5/c1-4-16-38(17-5-1)46-26-15-27-49-54(46)50-37-43(32-35-51(50)59-55(49)39-18-6-2-7-19-39)42-22-14-23-44(36-42)58-61-56(40-20-8-3-9-21-40)60-57(62-58)41-30-33-45(34-31-41)63-52-28-12-10-24-47(52)48-25-11-13-29-53(48)63/h1-37H. The molecule has 0 saturated heterocycles. The molecule has 3 heterocycles. The van der Waals surface area contributed by atoms with Crippen molar-refractivity contribution in [3.8, 4) is 73.4 Å². The zero-order chi connectivity index (χ0) is 41.7. The highest BCUT2D eigenvalue weighted by atomic mass is 15.0. The maximum absolute atomic E-state index is 5.30. The third-order valence-electron chi connectivity index (χ3n) is 12.0. The van der Waals surface area contributed by atoms with Gasteiger partial charge in [0.1, 0.15) is 0 Å². The van der Waals surface area contributed by atoms with Gasteiger partial charge in [-0.25, -0.2) is 19.9 Å². The molecule has 63 heavy (non-hydrogen) atoms. The summed E-state index contributed by atoms with van der Waals surface area (Å²) in [6.45, 7) is 0. The van der Waals surface area contributed by atoms with Gasteiger partial charge >= 0.3 is 0 Å². The molecule has 12 rings (SSSR count). The van der Waals surface area contributed by atoms with E-state index >= 15 is 0 Å². The van der Waals surface area contributed by atoms with Crippen molar-refractivity contribution in [3.05, 3.63) is 224 Å². The van der Waals surface area contributed by atoms with Crippen LogP contribution in [0.15, 0.2) is 224 Å². The molecule has 5 nitrogen and oxygen atoms in total. The van der Waals surface area contributed by atoms with Gasteiger partial charge in [-0.1, -0.05) is 170 Å². The molecule has 12 aromatic rings. The van der Waals surface area contributed by atoms with Gasteiger partial charge in [-0.15, -0.1) is 0 Å². The average Bonchev–Trinajstić information content (AvgIpc) is 3.71. The molecule has 0 N–H and O–H groups in total. The number of rotatable bonds is 7. The van der Waals surface area contributed by atoms with Crippen LogP contribution in [0, 0.1) is 0 Å². The molecular formula is C58H37N5. The van der Waals surface area contributed by atoms with Gasteiger partial charge in [-0.3, -0.25) is 0 Å². The third kappa shape index (κ3) is 6.42. The summed E-state index contributed by atoms with van der Waals surface area (Å²) in [5.74, 6) is 1.85. The van der Waals surface area contributed by atoms with Crippen LogP contribution in [0.4, 0.5) is 0 Å². The van der Waals surface area contributed by atoms with E-state index in [-0.39, 0.29) is 0 Å². The minimum absolute atomic E-state index is 0.610. The van der Waals surface area contributed by atoms with Gasteiger partial charge in [0.15, 0.2) is 17.5 Å². The van der Waals surface area contributed by atoms with E-state index in [2.05, 4.69) is 193 Å². The second kappa shape index (κ2) is 15.2. The lowest BCUT2D eigenvalue weighted by Crippen LogP contribution is -2.00. The third-order valence-corrected chi connectivity index (χ3v) is 12.0. The fourth-order valence-electron chi connectivity index (χ4n) is 9.06. The number of nitrogens with zero attached hydrogens (tertiary/aromatic N) is 5. The number of pyridine rings is 1. The van der Waals surface area contributed by atoms with Crippen molar-refractivity contribution in [1.82, 2.24) is 24.5 Å². The second-order valence-corrected chi connectivity index (χ2v) is 15.8. The molecule has 0 fully saturated rings. The van der Waals surface area contributed by atoms with Gasteiger partial charge in [0.05, 0.1) is 22.2 Å². The van der Waals surface area contributed by atoms with Gasteiger partial charge in [0.2, 0.25) is 0 Å². The first kappa shape index (κ1) is 36.3. The quantitative estimate of drug-likeness (QED) is 0.151. The number of hydrogen-bond donors (Lipinski definition) is 0. The molecule has 0 radical (unpaired) electrons. The summed E-state index contributed by atoms with van der Waals surface area (Å²) >= 11 is 0. The molecule has 0 atom stereocenters. The summed E-state index contributed by atoms with van der Waals surface area (Å²) in [5, 5.41) is 5.87. The van der Waals surface area contributed by atoms with E-state index in [0.717, 1.165) is 61.1 Å². The lowest BCUT2D eigenvalue weighted by Gasteiger charge is -2.15. The van der Waals surface area contributed by atoms with Crippen LogP contribution in [-0.4, -0.2) is 24.5 Å². The number of hydrogen-bond acceptors (Lipinski definition) is 4. The summed E-state index contributed by atoms with van der Waals surface area (Å²) in [5.41, 5.74) is 13.7. The predicted octanol–water partition coefficient (Wildman–Crippen LogP) is 14.7. The SMILES string of the molecule is c1ccc(-c2nc(-c3ccc(-n4c5ccccc5c5ccccc54)cc3)nc(-c3cccc(-c4ccc5nc(-c6ccccc6)c6cccc(-c7ccccc7)c6c5c4)c3)n2)cc1. The topological polar surface area (TPSA) is 56.5 Å². The van der Waals surface area contributed by atoms with Crippen LogP contribution < -0.4 is 0 Å². The number of para-hydroxylation sites is 2. The summed E-state index contributed by atoms with van der Waals surface area (Å²) in [6.07, 6.45) is 0. The van der Waals surface area contributed by atoms with Crippen LogP contribution >= 0.6 is 0 Å². The highest BCUT2D eigenvalue weighted by molar-refractivity contribution is 6.17. The first-order valence-corrected chi connectivity index (χ1v) is 21.2. The molecule has 0 aliphatic rings. The van der Waals surface area contributed by atoms with Gasteiger partial charge in [0.25, 0.3) is 0 Å². The van der Waals surface area contributed by atoms with Crippen LogP contribution in [0.5, 0.6) is 0 Å². The Morgan fingerprint density at radius 1 is 0.286 bits per heavy atom. The zero-order valence-corrected chi connectivity index (χ0v) is 34.1. The molecule has 0 unspecified atom stereocenters. The summed E-state index contributed by atoms with van der Waals surface area (Å²) in [4.78, 5) is 20.6. The molecule has 0 aliphatic carbocycles. The van der Waals surface area contributed by atoms with E-state index < -0.39 is 0 Å². The Morgan fingerprint density at radius 3 is 1.43 bits per heavy atom. The summed E-state index contributed by atoms with van der Waals surface area (Å²) < 4.78 is 2.32. The van der Waals surface area contributed by atoms with Crippen molar-refractivity contribution in [2.75, 3.05) is 0 Å². The molecule has 9 aromatic carbocycles. The van der Waals surface area contributed by atoms with Gasteiger partial charge in [0, 0.05) is 54.9 Å². The van der Waals surface area contributed by atoms with Gasteiger partial charge in [-0.2, -0.15) is 0 Å². The van der Waals surface area contributed by atoms with Crippen molar-refractivity contribution in [1.29, 1.82) is 0 Å². The number of aromatic nitrogens is 5. The number of fused-ring (bicyclic) bond motifs is 6. The van der Waals surface area contributed by atoms with Crippen molar-refractivity contribution in [3.63, 3.8) is 0 Å². The minimum atomic E-state index is 0.610. The van der Waals surface area contributed by atoms with Crippen LogP contribution in [0.3, 0.4) is 0 Å². The van der Waals surface area contributed by atoms with Crippen LogP contribution in [0.1, 0.15) is 0 Å². The molecule has 0 spiro atoms. The lowest BCUT2D eigenvalue weighted by atomic mass is 9.91. The zero-order valence-electron chi connectivity index (χ0n) is 34.1. The van der Waals surface area contributed by atoms with Crippen molar-refractivity contribution >= 4 is 43.5 Å². The Balaban J connectivity index is 0.979. The molecule has 0 aliphatic heterocycles. The molecule has 294 valence electrons. The van der Waals surface area contributed by atoms with Gasteiger partial charge < -0.3 is 4.57 Å². The molecule has 3 aromatic heterocycles. The second-order valence-electron chi connectivity index (χ2n) is 15.8. The maximum Gasteiger partial charge on any atom is 0.164 e. The van der Waals surface area contributed by atoms with E-state index in [0.29, 0.717) is 17.5 Å². The fraction of sp³-hybridized carbons (Fsp3) is 0. The van der Waals surface area contributed by atoms with Crippen LogP contribution in [-0.2, 0) is 0 Å². The highest BCUT2D eigenvalue weighted by Gasteiger charge is 2.18. The molecule has 0 saturated carbocycles.